The Hall–Kier alpha value is -2.87. The van der Waals surface area contributed by atoms with E-state index in [9.17, 15) is 13.2 Å². The number of hydrogen-bond acceptors (Lipinski definition) is 6. The third kappa shape index (κ3) is 3.63. The first-order chi connectivity index (χ1) is 12.0. The quantitative estimate of drug-likeness (QED) is 0.725. The molecular weight excluding hydrogens is 344 g/mol. The third-order valence-electron chi connectivity index (χ3n) is 3.53. The van der Waals surface area contributed by atoms with Gasteiger partial charge in [0, 0.05) is 0 Å². The molecule has 3 rings (SSSR count). The lowest BCUT2D eigenvalue weighted by atomic mass is 10.1. The molecule has 0 saturated heterocycles. The Kier molecular flexibility index (Phi) is 4.71. The fourth-order valence-electron chi connectivity index (χ4n) is 2.34. The molecule has 0 atom stereocenters. The average Bonchev–Trinajstić information content (AvgIpc) is 3.26. The number of hydrogen-bond donors (Lipinski definition) is 1. The molecule has 7 nitrogen and oxygen atoms in total. The summed E-state index contributed by atoms with van der Waals surface area (Å²) in [5, 5.41) is 0. The molecule has 0 fully saturated rings. The summed E-state index contributed by atoms with van der Waals surface area (Å²) in [6.07, 6.45) is 4.29. The lowest BCUT2D eigenvalue weighted by Gasteiger charge is -2.07. The zero-order chi connectivity index (χ0) is 17.9. The van der Waals surface area contributed by atoms with E-state index in [2.05, 4.69) is 4.98 Å². The van der Waals surface area contributed by atoms with E-state index in [1.54, 1.807) is 24.3 Å². The van der Waals surface area contributed by atoms with Crippen LogP contribution in [0.2, 0.25) is 0 Å². The predicted molar refractivity (Wildman–Crippen MR) is 89.3 cm³/mol. The Labute approximate surface area is 144 Å². The van der Waals surface area contributed by atoms with Crippen molar-refractivity contribution in [2.24, 2.45) is 0 Å². The van der Waals surface area contributed by atoms with Crippen molar-refractivity contribution in [3.63, 3.8) is 0 Å². The Morgan fingerprint density at radius 3 is 2.56 bits per heavy atom. The highest BCUT2D eigenvalue weighted by molar-refractivity contribution is 7.90. The largest absolute Gasteiger partial charge is 0.461 e. The van der Waals surface area contributed by atoms with Crippen LogP contribution in [0, 0.1) is 0 Å². The van der Waals surface area contributed by atoms with Crippen molar-refractivity contribution >= 4 is 15.9 Å². The second-order valence-electron chi connectivity index (χ2n) is 5.34. The Bertz CT molecular complexity index is 957. The SMILES string of the molecule is CCCc1ccc(S(=O)(=O)NC(=O)c2ncoc2-c2ccco2)cc1. The van der Waals surface area contributed by atoms with Crippen LogP contribution in [0.4, 0.5) is 0 Å². The molecule has 0 radical (unpaired) electrons. The van der Waals surface area contributed by atoms with Gasteiger partial charge in [0.15, 0.2) is 17.8 Å². The van der Waals surface area contributed by atoms with Crippen molar-refractivity contribution in [2.75, 3.05) is 0 Å². The average molecular weight is 360 g/mol. The van der Waals surface area contributed by atoms with E-state index < -0.39 is 15.9 Å². The lowest BCUT2D eigenvalue weighted by molar-refractivity contribution is 0.0977. The number of aryl methyl sites for hydroxylation is 1. The zero-order valence-electron chi connectivity index (χ0n) is 13.4. The van der Waals surface area contributed by atoms with E-state index in [1.165, 1.54) is 18.4 Å². The molecule has 0 unspecified atom stereocenters. The van der Waals surface area contributed by atoms with Crippen molar-refractivity contribution in [1.29, 1.82) is 0 Å². The second-order valence-corrected chi connectivity index (χ2v) is 7.02. The van der Waals surface area contributed by atoms with Gasteiger partial charge in [-0.3, -0.25) is 4.79 Å². The van der Waals surface area contributed by atoms with Gasteiger partial charge in [-0.05, 0) is 36.2 Å². The van der Waals surface area contributed by atoms with E-state index in [0.29, 0.717) is 0 Å². The van der Waals surface area contributed by atoms with Crippen LogP contribution in [0.25, 0.3) is 11.5 Å². The van der Waals surface area contributed by atoms with Crippen molar-refractivity contribution in [1.82, 2.24) is 9.71 Å². The number of carbonyl (C=O) groups is 1. The number of oxazole rings is 1. The van der Waals surface area contributed by atoms with E-state index in [0.717, 1.165) is 24.8 Å². The Morgan fingerprint density at radius 2 is 1.92 bits per heavy atom. The van der Waals surface area contributed by atoms with Crippen LogP contribution < -0.4 is 4.72 Å². The van der Waals surface area contributed by atoms with E-state index >= 15 is 0 Å². The molecule has 0 aliphatic rings. The molecule has 25 heavy (non-hydrogen) atoms. The van der Waals surface area contributed by atoms with Crippen LogP contribution in [0.5, 0.6) is 0 Å². The number of amides is 1. The number of rotatable bonds is 6. The molecule has 1 amide bonds. The maximum absolute atomic E-state index is 12.4. The van der Waals surface area contributed by atoms with Crippen LogP contribution >= 0.6 is 0 Å². The summed E-state index contributed by atoms with van der Waals surface area (Å²) < 4.78 is 37.1. The minimum absolute atomic E-state index is 0.00347. The number of benzene rings is 1. The molecule has 130 valence electrons. The molecule has 1 N–H and O–H groups in total. The Balaban J connectivity index is 1.82. The normalized spacial score (nSPS) is 11.4. The number of furan rings is 1. The summed E-state index contributed by atoms with van der Waals surface area (Å²) in [6.45, 7) is 2.04. The molecule has 0 bridgehead atoms. The molecule has 2 heterocycles. The standard InChI is InChI=1S/C17H16N2O5S/c1-2-4-12-6-8-13(9-7-12)25(21,22)19-17(20)15-16(24-11-18-15)14-5-3-10-23-14/h3,5-11H,2,4H2,1H3,(H,19,20). The van der Waals surface area contributed by atoms with Crippen molar-refractivity contribution in [3.8, 4) is 11.5 Å². The molecule has 3 aromatic rings. The maximum Gasteiger partial charge on any atom is 0.287 e. The number of nitrogens with one attached hydrogen (secondary N) is 1. The van der Waals surface area contributed by atoms with Crippen molar-refractivity contribution in [2.45, 2.75) is 24.7 Å². The minimum atomic E-state index is -4.01. The molecule has 1 aromatic carbocycles. The third-order valence-corrected chi connectivity index (χ3v) is 4.87. The maximum atomic E-state index is 12.4. The highest BCUT2D eigenvalue weighted by Crippen LogP contribution is 2.23. The van der Waals surface area contributed by atoms with Gasteiger partial charge in [0.25, 0.3) is 15.9 Å². The van der Waals surface area contributed by atoms with Gasteiger partial charge in [-0.2, -0.15) is 0 Å². The van der Waals surface area contributed by atoms with Gasteiger partial charge in [0.2, 0.25) is 5.76 Å². The first kappa shape index (κ1) is 17.0. The first-order valence-electron chi connectivity index (χ1n) is 7.64. The number of aromatic nitrogens is 1. The summed E-state index contributed by atoms with van der Waals surface area (Å²) in [6, 6.07) is 9.60. The highest BCUT2D eigenvalue weighted by Gasteiger charge is 2.25. The Morgan fingerprint density at radius 1 is 1.16 bits per heavy atom. The van der Waals surface area contributed by atoms with Gasteiger partial charge in [0.1, 0.15) is 0 Å². The molecular formula is C17H16N2O5S. The van der Waals surface area contributed by atoms with Crippen molar-refractivity contribution in [3.05, 3.63) is 60.3 Å². The molecule has 8 heteroatoms. The van der Waals surface area contributed by atoms with Crippen LogP contribution in [-0.2, 0) is 16.4 Å². The fraction of sp³-hybridized carbons (Fsp3) is 0.176. The zero-order valence-corrected chi connectivity index (χ0v) is 14.2. The number of carbonyl (C=O) groups excluding carboxylic acids is 1. The molecule has 0 aliphatic heterocycles. The smallest absolute Gasteiger partial charge is 0.287 e. The summed E-state index contributed by atoms with van der Waals surface area (Å²) in [7, 11) is -4.01. The summed E-state index contributed by atoms with van der Waals surface area (Å²) in [5.74, 6) is -0.544. The predicted octanol–water partition coefficient (Wildman–Crippen LogP) is 3.01. The second kappa shape index (κ2) is 6.94. The van der Waals surface area contributed by atoms with Crippen LogP contribution in [-0.4, -0.2) is 19.3 Å². The fourth-order valence-corrected chi connectivity index (χ4v) is 3.30. The van der Waals surface area contributed by atoms with Crippen LogP contribution in [0.15, 0.2) is 62.8 Å². The molecule has 0 saturated carbocycles. The van der Waals surface area contributed by atoms with Gasteiger partial charge < -0.3 is 8.83 Å². The first-order valence-corrected chi connectivity index (χ1v) is 9.13. The molecule has 2 aromatic heterocycles. The van der Waals surface area contributed by atoms with Crippen LogP contribution in [0.1, 0.15) is 29.4 Å². The highest BCUT2D eigenvalue weighted by atomic mass is 32.2. The number of nitrogens with zero attached hydrogens (tertiary/aromatic N) is 1. The van der Waals surface area contributed by atoms with Gasteiger partial charge in [-0.15, -0.1) is 0 Å². The summed E-state index contributed by atoms with van der Waals surface area (Å²) in [4.78, 5) is 16.1. The molecule has 0 spiro atoms. The summed E-state index contributed by atoms with van der Waals surface area (Å²) in [5.41, 5.74) is 0.866. The van der Waals surface area contributed by atoms with E-state index in [1.807, 2.05) is 11.6 Å². The van der Waals surface area contributed by atoms with E-state index in [4.69, 9.17) is 8.83 Å². The molecule has 0 aliphatic carbocycles. The monoisotopic (exact) mass is 360 g/mol. The van der Waals surface area contributed by atoms with Crippen LogP contribution in [0.3, 0.4) is 0 Å². The minimum Gasteiger partial charge on any atom is -0.461 e. The number of sulfonamides is 1. The van der Waals surface area contributed by atoms with Gasteiger partial charge in [-0.1, -0.05) is 25.5 Å². The van der Waals surface area contributed by atoms with E-state index in [-0.39, 0.29) is 22.1 Å². The summed E-state index contributed by atoms with van der Waals surface area (Å²) >= 11 is 0. The van der Waals surface area contributed by atoms with Gasteiger partial charge in [0.05, 0.1) is 11.2 Å². The van der Waals surface area contributed by atoms with Gasteiger partial charge >= 0.3 is 0 Å². The lowest BCUT2D eigenvalue weighted by Crippen LogP contribution is -2.31. The van der Waals surface area contributed by atoms with Gasteiger partial charge in [-0.25, -0.2) is 18.1 Å². The topological polar surface area (TPSA) is 102 Å². The van der Waals surface area contributed by atoms with Crippen molar-refractivity contribution < 1.29 is 22.0 Å².